The second-order valence-electron chi connectivity index (χ2n) is 6.77. The Labute approximate surface area is 124 Å². The Morgan fingerprint density at radius 3 is 2.48 bits per heavy atom. The zero-order chi connectivity index (χ0) is 15.8. The third kappa shape index (κ3) is 3.53. The van der Waals surface area contributed by atoms with E-state index in [9.17, 15) is 9.18 Å². The number of carbonyl (C=O) groups excluding carboxylic acids is 1. The minimum atomic E-state index is -0.594. The first-order valence-electron chi connectivity index (χ1n) is 7.20. The summed E-state index contributed by atoms with van der Waals surface area (Å²) in [7, 11) is 0. The highest BCUT2D eigenvalue weighted by molar-refractivity contribution is 5.84. The van der Waals surface area contributed by atoms with Crippen molar-refractivity contribution in [2.24, 2.45) is 5.73 Å². The fourth-order valence-electron chi connectivity index (χ4n) is 2.52. The molecule has 1 aromatic carbocycles. The van der Waals surface area contributed by atoms with Crippen LogP contribution in [0.25, 0.3) is 0 Å². The predicted octanol–water partition coefficient (Wildman–Crippen LogP) is 3.55. The highest BCUT2D eigenvalue weighted by Gasteiger charge is 2.48. The van der Waals surface area contributed by atoms with E-state index in [1.807, 2.05) is 6.92 Å². The van der Waals surface area contributed by atoms with Crippen LogP contribution < -0.4 is 11.1 Å². The van der Waals surface area contributed by atoms with E-state index in [1.54, 1.807) is 32.9 Å². The van der Waals surface area contributed by atoms with Crippen LogP contribution >= 0.6 is 0 Å². The number of carbonyl (C=O) groups is 1. The molecule has 0 radical (unpaired) electrons. The number of amides is 1. The number of benzene rings is 1. The number of nitrogens with two attached hydrogens (primary N) is 1. The van der Waals surface area contributed by atoms with Gasteiger partial charge in [-0.1, -0.05) is 6.07 Å². The number of nitrogens with one attached hydrogen (secondary N) is 1. The summed E-state index contributed by atoms with van der Waals surface area (Å²) in [6, 6.07) is 4.63. The van der Waals surface area contributed by atoms with Gasteiger partial charge in [0.05, 0.1) is 0 Å². The molecule has 0 saturated heterocycles. The van der Waals surface area contributed by atoms with Gasteiger partial charge in [-0.15, -0.1) is 0 Å². The molecule has 2 rings (SSSR count). The summed E-state index contributed by atoms with van der Waals surface area (Å²) in [4.78, 5) is 11.7. The second-order valence-corrected chi connectivity index (χ2v) is 6.77. The van der Waals surface area contributed by atoms with Gasteiger partial charge in [-0.3, -0.25) is 5.32 Å². The Morgan fingerprint density at radius 1 is 1.43 bits per heavy atom. The predicted molar refractivity (Wildman–Crippen MR) is 80.8 cm³/mol. The van der Waals surface area contributed by atoms with E-state index in [2.05, 4.69) is 5.32 Å². The average molecular weight is 294 g/mol. The summed E-state index contributed by atoms with van der Waals surface area (Å²) in [5.41, 5.74) is 6.15. The lowest BCUT2D eigenvalue weighted by Gasteiger charge is -2.22. The van der Waals surface area contributed by atoms with E-state index in [0.717, 1.165) is 12.8 Å². The van der Waals surface area contributed by atoms with E-state index >= 15 is 0 Å². The lowest BCUT2D eigenvalue weighted by molar-refractivity contribution is 0.0636. The summed E-state index contributed by atoms with van der Waals surface area (Å²) in [6.07, 6.45) is 1.21. The summed E-state index contributed by atoms with van der Waals surface area (Å²) in [5.74, 6) is -0.335. The van der Waals surface area contributed by atoms with Crippen LogP contribution in [0.4, 0.5) is 14.9 Å². The van der Waals surface area contributed by atoms with E-state index in [-0.39, 0.29) is 17.3 Å². The van der Waals surface area contributed by atoms with Crippen LogP contribution in [-0.2, 0) is 10.2 Å². The van der Waals surface area contributed by atoms with Crippen LogP contribution in [0.2, 0.25) is 0 Å². The quantitative estimate of drug-likeness (QED) is 0.896. The van der Waals surface area contributed by atoms with Crippen molar-refractivity contribution in [3.8, 4) is 0 Å². The fraction of sp³-hybridized carbons (Fsp3) is 0.562. The van der Waals surface area contributed by atoms with Crippen LogP contribution in [0.1, 0.15) is 46.1 Å². The summed E-state index contributed by atoms with van der Waals surface area (Å²) in [6.45, 7) is 7.22. The molecule has 0 bridgehead atoms. The SMILES string of the molecule is CC(N)C1(c2ccc(NC(=O)OC(C)(C)C)cc2F)CC1. The number of halogens is 1. The first-order valence-corrected chi connectivity index (χ1v) is 7.20. The fourth-order valence-corrected chi connectivity index (χ4v) is 2.52. The van der Waals surface area contributed by atoms with E-state index in [0.29, 0.717) is 11.3 Å². The molecule has 1 saturated carbocycles. The number of hydrogen-bond donors (Lipinski definition) is 2. The molecule has 4 nitrogen and oxygen atoms in total. The largest absolute Gasteiger partial charge is 0.444 e. The molecule has 1 atom stereocenters. The molecule has 1 aliphatic carbocycles. The zero-order valence-electron chi connectivity index (χ0n) is 13.0. The topological polar surface area (TPSA) is 64.3 Å². The minimum Gasteiger partial charge on any atom is -0.444 e. The molecule has 0 spiro atoms. The van der Waals surface area contributed by atoms with E-state index in [4.69, 9.17) is 10.5 Å². The lowest BCUT2D eigenvalue weighted by atomic mass is 9.89. The van der Waals surface area contributed by atoms with Gasteiger partial charge in [0.2, 0.25) is 0 Å². The molecular weight excluding hydrogens is 271 g/mol. The van der Waals surface area contributed by atoms with Crippen LogP contribution in [0.15, 0.2) is 18.2 Å². The van der Waals surface area contributed by atoms with Crippen molar-refractivity contribution >= 4 is 11.8 Å². The maximum absolute atomic E-state index is 14.3. The standard InChI is InChI=1S/C16H23FN2O2/c1-10(18)16(7-8-16)12-6-5-11(9-13(12)17)19-14(20)21-15(2,3)4/h5-6,9-10H,7-8,18H2,1-4H3,(H,19,20). The van der Waals surface area contributed by atoms with Crippen LogP contribution in [-0.4, -0.2) is 17.7 Å². The van der Waals surface area contributed by atoms with Gasteiger partial charge in [-0.2, -0.15) is 0 Å². The minimum absolute atomic E-state index is 0.0864. The normalized spacial score (nSPS) is 18.0. The van der Waals surface area contributed by atoms with Crippen molar-refractivity contribution in [1.82, 2.24) is 0 Å². The third-order valence-corrected chi connectivity index (χ3v) is 3.81. The number of ether oxygens (including phenoxy) is 1. The van der Waals surface area contributed by atoms with Crippen LogP contribution in [0.3, 0.4) is 0 Å². The van der Waals surface area contributed by atoms with Crippen molar-refractivity contribution < 1.29 is 13.9 Å². The molecular formula is C16H23FN2O2. The monoisotopic (exact) mass is 294 g/mol. The Morgan fingerprint density at radius 2 is 2.05 bits per heavy atom. The van der Waals surface area contributed by atoms with Crippen molar-refractivity contribution in [3.05, 3.63) is 29.6 Å². The Hall–Kier alpha value is -1.62. The van der Waals surface area contributed by atoms with Gasteiger partial charge in [0.25, 0.3) is 0 Å². The number of hydrogen-bond acceptors (Lipinski definition) is 3. The van der Waals surface area contributed by atoms with Crippen LogP contribution in [0.5, 0.6) is 0 Å². The van der Waals surface area contributed by atoms with Gasteiger partial charge in [0.1, 0.15) is 11.4 Å². The van der Waals surface area contributed by atoms with Crippen molar-refractivity contribution in [2.75, 3.05) is 5.32 Å². The van der Waals surface area contributed by atoms with Gasteiger partial charge < -0.3 is 10.5 Å². The highest BCUT2D eigenvalue weighted by atomic mass is 19.1. The molecule has 5 heteroatoms. The molecule has 1 fully saturated rings. The smallest absolute Gasteiger partial charge is 0.412 e. The second kappa shape index (κ2) is 5.30. The van der Waals surface area contributed by atoms with Gasteiger partial charge in [-0.05, 0) is 58.2 Å². The third-order valence-electron chi connectivity index (χ3n) is 3.81. The Kier molecular flexibility index (Phi) is 3.97. The van der Waals surface area contributed by atoms with Gasteiger partial charge >= 0.3 is 6.09 Å². The molecule has 0 aliphatic heterocycles. The Balaban J connectivity index is 2.12. The van der Waals surface area contributed by atoms with Crippen molar-refractivity contribution in [2.45, 2.75) is 57.6 Å². The molecule has 1 aliphatic rings. The van der Waals surface area contributed by atoms with Gasteiger partial charge in [-0.25, -0.2) is 9.18 Å². The molecule has 0 heterocycles. The van der Waals surface area contributed by atoms with Gasteiger partial charge in [0, 0.05) is 17.1 Å². The highest BCUT2D eigenvalue weighted by Crippen LogP contribution is 2.51. The summed E-state index contributed by atoms with van der Waals surface area (Å²) < 4.78 is 19.4. The van der Waals surface area contributed by atoms with Crippen molar-refractivity contribution in [1.29, 1.82) is 0 Å². The first-order chi connectivity index (χ1) is 9.64. The molecule has 21 heavy (non-hydrogen) atoms. The number of anilines is 1. The maximum Gasteiger partial charge on any atom is 0.412 e. The summed E-state index contributed by atoms with van der Waals surface area (Å²) >= 11 is 0. The molecule has 116 valence electrons. The molecule has 1 unspecified atom stereocenters. The van der Waals surface area contributed by atoms with Gasteiger partial charge in [0.15, 0.2) is 0 Å². The van der Waals surface area contributed by atoms with E-state index < -0.39 is 11.7 Å². The molecule has 3 N–H and O–H groups in total. The van der Waals surface area contributed by atoms with Crippen molar-refractivity contribution in [3.63, 3.8) is 0 Å². The molecule has 1 aromatic rings. The maximum atomic E-state index is 14.3. The van der Waals surface area contributed by atoms with Crippen LogP contribution in [0, 0.1) is 5.82 Å². The number of rotatable bonds is 3. The first kappa shape index (κ1) is 15.8. The Bertz CT molecular complexity index is 546. The zero-order valence-corrected chi connectivity index (χ0v) is 13.0. The summed E-state index contributed by atoms with van der Waals surface area (Å²) in [5, 5.41) is 2.54. The molecule has 0 aromatic heterocycles. The molecule has 1 amide bonds. The average Bonchev–Trinajstić information content (AvgIpc) is 3.07. The van der Waals surface area contributed by atoms with E-state index in [1.165, 1.54) is 6.07 Å². The lowest BCUT2D eigenvalue weighted by Crippen LogP contribution is -2.32.